The fourth-order valence-corrected chi connectivity index (χ4v) is 0.886. The number of fused-ring (bicyclic) bond motifs is 1. The van der Waals surface area contributed by atoms with Crippen LogP contribution in [0.25, 0.3) is 11.2 Å². The summed E-state index contributed by atoms with van der Waals surface area (Å²) in [5, 5.41) is 0. The van der Waals surface area contributed by atoms with E-state index < -0.39 is 0 Å². The highest BCUT2D eigenvalue weighted by molar-refractivity contribution is 5.71. The van der Waals surface area contributed by atoms with E-state index in [9.17, 15) is 0 Å². The molecule has 2 heterocycles. The number of rotatable bonds is 0. The smallest absolute Gasteiger partial charge is 0.180 e. The fraction of sp³-hybridized carbons (Fsp3) is 0.375. The Bertz CT molecular complexity index is 353. The Balaban J connectivity index is 0.000000336. The molecule has 4 nitrogen and oxygen atoms in total. The van der Waals surface area contributed by atoms with Gasteiger partial charge in [-0.05, 0) is 6.92 Å². The highest BCUT2D eigenvalue weighted by Crippen LogP contribution is 2.06. The summed E-state index contributed by atoms with van der Waals surface area (Å²) in [5.41, 5.74) is 2.58. The molecule has 0 spiro atoms. The molecular weight excluding hydrogens is 152 g/mol. The van der Waals surface area contributed by atoms with Crippen molar-refractivity contribution in [1.29, 1.82) is 0 Å². The van der Waals surface area contributed by atoms with Crippen LogP contribution in [0.3, 0.4) is 0 Å². The van der Waals surface area contributed by atoms with E-state index >= 15 is 0 Å². The van der Waals surface area contributed by atoms with Gasteiger partial charge in [-0.3, -0.25) is 0 Å². The molecule has 2 aromatic heterocycles. The van der Waals surface area contributed by atoms with Gasteiger partial charge in [0, 0.05) is 0 Å². The minimum atomic E-state index is 0.729. The predicted octanol–water partition coefficient (Wildman–Crippen LogP) is 1.69. The number of imidazole rings is 1. The highest BCUT2D eigenvalue weighted by Gasteiger charge is 1.98. The average Bonchev–Trinajstić information content (AvgIpc) is 2.57. The molecular formula is C8H12N4. The van der Waals surface area contributed by atoms with Crippen LogP contribution < -0.4 is 0 Å². The fourth-order valence-electron chi connectivity index (χ4n) is 0.886. The average molecular weight is 164 g/mol. The predicted molar refractivity (Wildman–Crippen MR) is 47.8 cm³/mol. The van der Waals surface area contributed by atoms with E-state index in [0.29, 0.717) is 0 Å². The first kappa shape index (κ1) is 8.64. The molecule has 2 aromatic rings. The molecule has 0 aliphatic carbocycles. The zero-order valence-corrected chi connectivity index (χ0v) is 7.50. The van der Waals surface area contributed by atoms with Crippen LogP contribution in [0.4, 0.5) is 0 Å². The maximum absolute atomic E-state index is 4.00. The number of nitrogens with zero attached hydrogens (tertiary/aromatic N) is 3. The van der Waals surface area contributed by atoms with Crippen LogP contribution in [0.1, 0.15) is 19.5 Å². The highest BCUT2D eigenvalue weighted by atomic mass is 15.0. The minimum absolute atomic E-state index is 0.729. The van der Waals surface area contributed by atoms with Crippen LogP contribution in [0.15, 0.2) is 12.7 Å². The van der Waals surface area contributed by atoms with Crippen LogP contribution in [0.5, 0.6) is 0 Å². The van der Waals surface area contributed by atoms with E-state index in [4.69, 9.17) is 0 Å². The molecule has 0 bridgehead atoms. The first-order valence-electron chi connectivity index (χ1n) is 3.98. The van der Waals surface area contributed by atoms with Crippen molar-refractivity contribution in [1.82, 2.24) is 19.9 Å². The van der Waals surface area contributed by atoms with Crippen molar-refractivity contribution in [3.05, 3.63) is 18.3 Å². The summed E-state index contributed by atoms with van der Waals surface area (Å²) in [6, 6.07) is 0. The van der Waals surface area contributed by atoms with E-state index in [1.54, 1.807) is 6.33 Å². The number of aromatic nitrogens is 4. The SMILES string of the molecule is CC.Cc1ncnc2nc[nH]c12. The Morgan fingerprint density at radius 2 is 1.92 bits per heavy atom. The zero-order chi connectivity index (χ0) is 8.97. The van der Waals surface area contributed by atoms with Gasteiger partial charge >= 0.3 is 0 Å². The van der Waals surface area contributed by atoms with Crippen molar-refractivity contribution >= 4 is 11.2 Å². The third kappa shape index (κ3) is 1.42. The number of nitrogens with one attached hydrogen (secondary N) is 1. The van der Waals surface area contributed by atoms with Gasteiger partial charge in [-0.15, -0.1) is 0 Å². The van der Waals surface area contributed by atoms with E-state index in [-0.39, 0.29) is 0 Å². The Morgan fingerprint density at radius 3 is 2.58 bits per heavy atom. The van der Waals surface area contributed by atoms with Crippen LogP contribution in [-0.4, -0.2) is 19.9 Å². The number of hydrogen-bond donors (Lipinski definition) is 1. The summed E-state index contributed by atoms with van der Waals surface area (Å²) in [6.45, 7) is 5.92. The lowest BCUT2D eigenvalue weighted by Gasteiger charge is -1.89. The standard InChI is InChI=1S/C6H6N4.C2H6/c1-4-5-6(9-2-7-4)10-3-8-5;1-2/h2-3H,1H3,(H,7,8,9,10);1-2H3. The van der Waals surface area contributed by atoms with Gasteiger partial charge in [0.15, 0.2) is 5.65 Å². The van der Waals surface area contributed by atoms with E-state index in [2.05, 4.69) is 19.9 Å². The van der Waals surface area contributed by atoms with Gasteiger partial charge in [0.1, 0.15) is 11.8 Å². The number of aryl methyl sites for hydroxylation is 1. The quantitative estimate of drug-likeness (QED) is 0.644. The Hall–Kier alpha value is -1.45. The minimum Gasteiger partial charge on any atom is -0.342 e. The van der Waals surface area contributed by atoms with Crippen LogP contribution in [0, 0.1) is 6.92 Å². The second kappa shape index (κ2) is 3.80. The lowest BCUT2D eigenvalue weighted by atomic mass is 10.4. The van der Waals surface area contributed by atoms with E-state index in [1.165, 1.54) is 6.33 Å². The second-order valence-electron chi connectivity index (χ2n) is 2.06. The lowest BCUT2D eigenvalue weighted by molar-refractivity contribution is 1.14. The van der Waals surface area contributed by atoms with Crippen molar-refractivity contribution in [3.8, 4) is 0 Å². The van der Waals surface area contributed by atoms with Crippen LogP contribution >= 0.6 is 0 Å². The molecule has 0 fully saturated rings. The molecule has 64 valence electrons. The molecule has 0 amide bonds. The summed E-state index contributed by atoms with van der Waals surface area (Å²) in [5.74, 6) is 0. The molecule has 12 heavy (non-hydrogen) atoms. The largest absolute Gasteiger partial charge is 0.342 e. The molecule has 2 rings (SSSR count). The summed E-state index contributed by atoms with van der Waals surface area (Å²) in [6.07, 6.45) is 3.13. The third-order valence-electron chi connectivity index (χ3n) is 1.41. The maximum atomic E-state index is 4.00. The van der Waals surface area contributed by atoms with Gasteiger partial charge < -0.3 is 4.98 Å². The maximum Gasteiger partial charge on any atom is 0.180 e. The molecule has 4 heteroatoms. The van der Waals surface area contributed by atoms with E-state index in [0.717, 1.165) is 16.9 Å². The van der Waals surface area contributed by atoms with Crippen molar-refractivity contribution in [2.24, 2.45) is 0 Å². The first-order chi connectivity index (χ1) is 5.88. The third-order valence-corrected chi connectivity index (χ3v) is 1.41. The van der Waals surface area contributed by atoms with Crippen molar-refractivity contribution in [2.45, 2.75) is 20.8 Å². The topological polar surface area (TPSA) is 54.5 Å². The molecule has 0 saturated carbocycles. The molecule has 0 aliphatic rings. The number of hydrogen-bond acceptors (Lipinski definition) is 3. The zero-order valence-electron chi connectivity index (χ0n) is 7.50. The number of aromatic amines is 1. The molecule has 0 saturated heterocycles. The van der Waals surface area contributed by atoms with Crippen LogP contribution in [-0.2, 0) is 0 Å². The Kier molecular flexibility index (Phi) is 2.74. The molecule has 0 atom stereocenters. The van der Waals surface area contributed by atoms with Gasteiger partial charge in [-0.2, -0.15) is 0 Å². The molecule has 0 radical (unpaired) electrons. The van der Waals surface area contributed by atoms with Gasteiger partial charge in [0.25, 0.3) is 0 Å². The van der Waals surface area contributed by atoms with Crippen molar-refractivity contribution in [3.63, 3.8) is 0 Å². The van der Waals surface area contributed by atoms with Gasteiger partial charge in [0.2, 0.25) is 0 Å². The lowest BCUT2D eigenvalue weighted by Crippen LogP contribution is -1.84. The monoisotopic (exact) mass is 164 g/mol. The summed E-state index contributed by atoms with van der Waals surface area (Å²) >= 11 is 0. The van der Waals surface area contributed by atoms with Gasteiger partial charge in [0.05, 0.1) is 12.0 Å². The normalized spacial score (nSPS) is 9.25. The molecule has 0 aromatic carbocycles. The number of H-pyrrole nitrogens is 1. The Labute approximate surface area is 71.1 Å². The first-order valence-corrected chi connectivity index (χ1v) is 3.98. The van der Waals surface area contributed by atoms with E-state index in [1.807, 2.05) is 20.8 Å². The van der Waals surface area contributed by atoms with Gasteiger partial charge in [-0.25, -0.2) is 15.0 Å². The summed E-state index contributed by atoms with van der Waals surface area (Å²) in [7, 11) is 0. The van der Waals surface area contributed by atoms with Gasteiger partial charge in [-0.1, -0.05) is 13.8 Å². The molecule has 1 N–H and O–H groups in total. The summed E-state index contributed by atoms with van der Waals surface area (Å²) < 4.78 is 0. The second-order valence-corrected chi connectivity index (χ2v) is 2.06. The molecule has 0 unspecified atom stereocenters. The summed E-state index contributed by atoms with van der Waals surface area (Å²) in [4.78, 5) is 14.9. The Morgan fingerprint density at radius 1 is 1.17 bits per heavy atom. The van der Waals surface area contributed by atoms with Crippen LogP contribution in [0.2, 0.25) is 0 Å². The van der Waals surface area contributed by atoms with Crippen molar-refractivity contribution < 1.29 is 0 Å². The van der Waals surface area contributed by atoms with Crippen molar-refractivity contribution in [2.75, 3.05) is 0 Å². The molecule has 0 aliphatic heterocycles.